The maximum absolute atomic E-state index is 10.6. The minimum absolute atomic E-state index is 0.235. The third-order valence-corrected chi connectivity index (χ3v) is 2.17. The first-order valence-electron chi connectivity index (χ1n) is 5.02. The summed E-state index contributed by atoms with van der Waals surface area (Å²) in [5.74, 6) is -0.243. The maximum atomic E-state index is 10.6. The largest absolute Gasteiger partial charge is 0.466 e. The molecule has 1 atom stereocenters. The third-order valence-electron chi connectivity index (χ3n) is 1.80. The number of rotatable bonds is 5. The normalized spacial score (nSPS) is 14.7. The van der Waals surface area contributed by atoms with Crippen LogP contribution in [-0.4, -0.2) is 17.3 Å². The summed E-state index contributed by atoms with van der Waals surface area (Å²) in [7, 11) is 0. The molecule has 0 aromatic rings. The first-order valence-corrected chi connectivity index (χ1v) is 5.47. The highest BCUT2D eigenvalue weighted by Crippen LogP contribution is 2.20. The minimum atomic E-state index is -0.243. The zero-order chi connectivity index (χ0) is 11.9. The highest BCUT2D eigenvalue weighted by Gasteiger charge is 2.14. The lowest BCUT2D eigenvalue weighted by Crippen LogP contribution is -2.17. The summed E-state index contributed by atoms with van der Waals surface area (Å²) in [5.41, 5.74) is 1.25. The van der Waals surface area contributed by atoms with Gasteiger partial charge in [-0.1, -0.05) is 23.8 Å². The topological polar surface area (TPSA) is 26.3 Å². The summed E-state index contributed by atoms with van der Waals surface area (Å²) in [6, 6.07) is 0. The molecule has 0 N–H and O–H groups in total. The second kappa shape index (κ2) is 6.72. The van der Waals surface area contributed by atoms with Gasteiger partial charge >= 0.3 is 5.97 Å². The monoisotopic (exact) mass is 228 g/mol. The number of carbonyl (C=O) groups is 1. The van der Waals surface area contributed by atoms with Crippen molar-refractivity contribution in [1.82, 2.24) is 0 Å². The van der Waals surface area contributed by atoms with Crippen molar-refractivity contribution in [2.75, 3.05) is 6.61 Å². The average Bonchev–Trinajstić information content (AvgIpc) is 2.01. The van der Waals surface area contributed by atoms with E-state index in [9.17, 15) is 4.79 Å². The second-order valence-electron chi connectivity index (χ2n) is 4.05. The number of ether oxygens (including phenoxy) is 1. The standard InChI is InChI=1S/C12H20O2S/c1-10(2)6-5-7-12(4,15)8-9-14-11(3)13/h5-7,15H,8-9H2,1-4H3/b7-5+. The molecule has 0 rings (SSSR count). The molecule has 86 valence electrons. The van der Waals surface area contributed by atoms with E-state index in [0.717, 1.165) is 0 Å². The van der Waals surface area contributed by atoms with Crippen molar-refractivity contribution in [3.05, 3.63) is 23.8 Å². The molecule has 0 saturated heterocycles. The van der Waals surface area contributed by atoms with Crippen LogP contribution in [0.5, 0.6) is 0 Å². The van der Waals surface area contributed by atoms with Crippen LogP contribution in [0.2, 0.25) is 0 Å². The van der Waals surface area contributed by atoms with Crippen LogP contribution in [0, 0.1) is 0 Å². The van der Waals surface area contributed by atoms with Crippen molar-refractivity contribution in [3.8, 4) is 0 Å². The van der Waals surface area contributed by atoms with Gasteiger partial charge in [-0.2, -0.15) is 12.6 Å². The third kappa shape index (κ3) is 9.60. The lowest BCUT2D eigenvalue weighted by Gasteiger charge is -2.18. The summed E-state index contributed by atoms with van der Waals surface area (Å²) >= 11 is 4.48. The van der Waals surface area contributed by atoms with E-state index in [2.05, 4.69) is 12.6 Å². The Bertz CT molecular complexity index is 261. The van der Waals surface area contributed by atoms with E-state index in [1.54, 1.807) is 0 Å². The molecule has 0 aliphatic carbocycles. The quantitative estimate of drug-likeness (QED) is 0.444. The van der Waals surface area contributed by atoms with Crippen LogP contribution >= 0.6 is 12.6 Å². The van der Waals surface area contributed by atoms with Gasteiger partial charge in [-0.15, -0.1) is 0 Å². The van der Waals surface area contributed by atoms with E-state index in [-0.39, 0.29) is 10.7 Å². The fourth-order valence-corrected chi connectivity index (χ4v) is 1.11. The lowest BCUT2D eigenvalue weighted by molar-refractivity contribution is -0.141. The smallest absolute Gasteiger partial charge is 0.302 e. The Kier molecular flexibility index (Phi) is 6.41. The van der Waals surface area contributed by atoms with E-state index >= 15 is 0 Å². The van der Waals surface area contributed by atoms with Crippen molar-refractivity contribution in [3.63, 3.8) is 0 Å². The SMILES string of the molecule is CC(=O)OCCC(C)(S)/C=C/C=C(C)C. The molecule has 2 nitrogen and oxygen atoms in total. The fourth-order valence-electron chi connectivity index (χ4n) is 0.933. The Balaban J connectivity index is 4.01. The number of allylic oxidation sites excluding steroid dienone is 3. The Morgan fingerprint density at radius 1 is 1.40 bits per heavy atom. The molecule has 1 unspecified atom stereocenters. The van der Waals surface area contributed by atoms with E-state index in [4.69, 9.17) is 4.74 Å². The summed E-state index contributed by atoms with van der Waals surface area (Å²) in [5, 5.41) is 0. The van der Waals surface area contributed by atoms with Crippen LogP contribution in [0.3, 0.4) is 0 Å². The molecule has 0 amide bonds. The number of carbonyl (C=O) groups excluding carboxylic acids is 1. The van der Waals surface area contributed by atoms with Crippen LogP contribution in [0.25, 0.3) is 0 Å². The van der Waals surface area contributed by atoms with Crippen molar-refractivity contribution >= 4 is 18.6 Å². The van der Waals surface area contributed by atoms with Crippen LogP contribution in [0.1, 0.15) is 34.1 Å². The molecule has 0 bridgehead atoms. The van der Waals surface area contributed by atoms with Crippen LogP contribution < -0.4 is 0 Å². The average molecular weight is 228 g/mol. The first kappa shape index (κ1) is 14.3. The van der Waals surface area contributed by atoms with Gasteiger partial charge in [0.05, 0.1) is 6.61 Å². The van der Waals surface area contributed by atoms with Gasteiger partial charge in [-0.3, -0.25) is 4.79 Å². The molecule has 0 aromatic carbocycles. The van der Waals surface area contributed by atoms with Gasteiger partial charge in [0.15, 0.2) is 0 Å². The molecule has 0 radical (unpaired) electrons. The second-order valence-corrected chi connectivity index (χ2v) is 5.07. The van der Waals surface area contributed by atoms with Crippen molar-refractivity contribution in [1.29, 1.82) is 0 Å². The molecule has 0 saturated carbocycles. The summed E-state index contributed by atoms with van der Waals surface area (Å²) in [6.45, 7) is 7.90. The molecule has 0 aliphatic heterocycles. The van der Waals surface area contributed by atoms with Crippen molar-refractivity contribution in [2.45, 2.75) is 38.9 Å². The fraction of sp³-hybridized carbons (Fsp3) is 0.583. The summed E-state index contributed by atoms with van der Waals surface area (Å²) < 4.78 is 4.63. The van der Waals surface area contributed by atoms with Crippen molar-refractivity contribution in [2.24, 2.45) is 0 Å². The van der Waals surface area contributed by atoms with Crippen LogP contribution in [0.4, 0.5) is 0 Å². The molecule has 15 heavy (non-hydrogen) atoms. The molecule has 0 aliphatic rings. The summed E-state index contributed by atoms with van der Waals surface area (Å²) in [6.07, 6.45) is 6.73. The molecule has 0 spiro atoms. The Labute approximate surface area is 97.8 Å². The zero-order valence-corrected chi connectivity index (χ0v) is 10.8. The van der Waals surface area contributed by atoms with E-state index in [1.165, 1.54) is 12.5 Å². The van der Waals surface area contributed by atoms with E-state index in [1.807, 2.05) is 39.0 Å². The number of thiol groups is 1. The first-order chi connectivity index (χ1) is 6.83. The summed E-state index contributed by atoms with van der Waals surface area (Å²) in [4.78, 5) is 10.6. The van der Waals surface area contributed by atoms with Crippen LogP contribution in [-0.2, 0) is 9.53 Å². The predicted octanol–water partition coefficient (Wildman–Crippen LogP) is 3.15. The zero-order valence-electron chi connectivity index (χ0n) is 9.91. The van der Waals surface area contributed by atoms with Gasteiger partial charge in [-0.05, 0) is 27.2 Å². The molecule has 0 fully saturated rings. The Morgan fingerprint density at radius 2 is 2.00 bits per heavy atom. The van der Waals surface area contributed by atoms with Gasteiger partial charge in [0.2, 0.25) is 0 Å². The van der Waals surface area contributed by atoms with Gasteiger partial charge in [0, 0.05) is 11.7 Å². The molecule has 0 aromatic heterocycles. The number of hydrogen-bond acceptors (Lipinski definition) is 3. The predicted molar refractivity (Wildman–Crippen MR) is 67.2 cm³/mol. The Hall–Kier alpha value is -0.700. The molecule has 3 heteroatoms. The van der Waals surface area contributed by atoms with Gasteiger partial charge in [-0.25, -0.2) is 0 Å². The number of esters is 1. The highest BCUT2D eigenvalue weighted by molar-refractivity contribution is 7.82. The van der Waals surface area contributed by atoms with Gasteiger partial charge in [0.25, 0.3) is 0 Å². The highest BCUT2D eigenvalue weighted by atomic mass is 32.1. The maximum Gasteiger partial charge on any atom is 0.302 e. The number of hydrogen-bond donors (Lipinski definition) is 1. The lowest BCUT2D eigenvalue weighted by atomic mass is 10.1. The molecular weight excluding hydrogens is 208 g/mol. The minimum Gasteiger partial charge on any atom is -0.466 e. The van der Waals surface area contributed by atoms with Gasteiger partial charge in [0.1, 0.15) is 0 Å². The van der Waals surface area contributed by atoms with Gasteiger partial charge < -0.3 is 4.74 Å². The van der Waals surface area contributed by atoms with E-state index in [0.29, 0.717) is 13.0 Å². The molecule has 0 heterocycles. The van der Waals surface area contributed by atoms with Crippen LogP contribution in [0.15, 0.2) is 23.8 Å². The molecular formula is C12H20O2S. The Morgan fingerprint density at radius 3 is 2.47 bits per heavy atom. The van der Waals surface area contributed by atoms with E-state index < -0.39 is 0 Å². The van der Waals surface area contributed by atoms with Crippen molar-refractivity contribution < 1.29 is 9.53 Å².